The van der Waals surface area contributed by atoms with Gasteiger partial charge in [0.2, 0.25) is 5.89 Å². The molecule has 0 radical (unpaired) electrons. The number of halogens is 1. The number of aryl methyl sites for hydroxylation is 1. The zero-order valence-corrected chi connectivity index (χ0v) is 18.8. The minimum atomic E-state index is -0.487. The summed E-state index contributed by atoms with van der Waals surface area (Å²) in [6.45, 7) is 6.45. The van der Waals surface area contributed by atoms with Crippen molar-refractivity contribution in [1.29, 1.82) is 0 Å². The highest BCUT2D eigenvalue weighted by Gasteiger charge is 2.22. The number of hydrogen-bond donors (Lipinski definition) is 2. The Bertz CT molecular complexity index is 1050. The minimum Gasteiger partial charge on any atom is -0.447 e. The molecule has 0 unspecified atom stereocenters. The highest BCUT2D eigenvalue weighted by molar-refractivity contribution is 6.31. The van der Waals surface area contributed by atoms with Crippen molar-refractivity contribution in [3.63, 3.8) is 0 Å². The van der Waals surface area contributed by atoms with Gasteiger partial charge in [0.1, 0.15) is 6.26 Å². The number of anilines is 1. The van der Waals surface area contributed by atoms with Crippen LogP contribution >= 0.6 is 11.6 Å². The molecule has 2 heterocycles. The van der Waals surface area contributed by atoms with E-state index in [0.717, 1.165) is 37.3 Å². The predicted octanol–water partition coefficient (Wildman–Crippen LogP) is 3.74. The molecule has 1 amide bonds. The van der Waals surface area contributed by atoms with Gasteiger partial charge in [-0.05, 0) is 30.2 Å². The van der Waals surface area contributed by atoms with Crippen molar-refractivity contribution in [2.75, 3.05) is 38.0 Å². The maximum absolute atomic E-state index is 12.5. The monoisotopic (exact) mass is 454 g/mol. The number of piperazine rings is 1. The molecule has 2 aromatic carbocycles. The molecule has 168 valence electrons. The highest BCUT2D eigenvalue weighted by atomic mass is 35.5. The lowest BCUT2D eigenvalue weighted by atomic mass is 10.1. The van der Waals surface area contributed by atoms with Crippen LogP contribution in [0.2, 0.25) is 5.02 Å². The van der Waals surface area contributed by atoms with Crippen molar-refractivity contribution < 1.29 is 14.3 Å². The average molecular weight is 455 g/mol. The summed E-state index contributed by atoms with van der Waals surface area (Å²) in [5, 5.41) is 13.8. The Morgan fingerprint density at radius 3 is 2.59 bits per heavy atom. The second-order valence-electron chi connectivity index (χ2n) is 8.05. The number of aliphatic hydroxyl groups excluding tert-OH is 1. The molecule has 1 aromatic heterocycles. The molecule has 32 heavy (non-hydrogen) atoms. The molecular formula is C24H27ClN4O3. The second-order valence-corrected chi connectivity index (χ2v) is 8.46. The van der Waals surface area contributed by atoms with Gasteiger partial charge < -0.3 is 14.8 Å². The Morgan fingerprint density at radius 1 is 1.16 bits per heavy atom. The van der Waals surface area contributed by atoms with Crippen molar-refractivity contribution in [2.45, 2.75) is 19.6 Å². The molecule has 1 aliphatic rings. The van der Waals surface area contributed by atoms with Gasteiger partial charge in [-0.25, -0.2) is 4.98 Å². The normalized spacial score (nSPS) is 16.1. The first-order valence-corrected chi connectivity index (χ1v) is 11.1. The maximum Gasteiger partial charge on any atom is 0.277 e. The van der Waals surface area contributed by atoms with E-state index in [0.29, 0.717) is 29.7 Å². The molecule has 7 nitrogen and oxygen atoms in total. The van der Waals surface area contributed by atoms with Crippen LogP contribution in [-0.2, 0) is 6.54 Å². The molecule has 0 bridgehead atoms. The maximum atomic E-state index is 12.5. The van der Waals surface area contributed by atoms with Crippen molar-refractivity contribution in [2.24, 2.45) is 0 Å². The van der Waals surface area contributed by atoms with Crippen molar-refractivity contribution in [3.8, 4) is 0 Å². The van der Waals surface area contributed by atoms with Crippen molar-refractivity contribution in [1.82, 2.24) is 14.8 Å². The summed E-state index contributed by atoms with van der Waals surface area (Å²) in [6.07, 6.45) is 0.895. The number of carbonyl (C=O) groups is 1. The van der Waals surface area contributed by atoms with Gasteiger partial charge in [0.15, 0.2) is 5.69 Å². The van der Waals surface area contributed by atoms with Gasteiger partial charge in [0.05, 0.1) is 12.6 Å². The van der Waals surface area contributed by atoms with Crippen LogP contribution in [0.15, 0.2) is 59.2 Å². The highest BCUT2D eigenvalue weighted by Crippen LogP contribution is 2.21. The van der Waals surface area contributed by atoms with Gasteiger partial charge in [-0.15, -0.1) is 0 Å². The number of β-amino-alcohol motifs (C(OH)–C–C–N with tert-alkyl or cyclic N) is 1. The first kappa shape index (κ1) is 22.5. The van der Waals surface area contributed by atoms with E-state index >= 15 is 0 Å². The topological polar surface area (TPSA) is 81.8 Å². The number of aliphatic hydroxyl groups is 1. The van der Waals surface area contributed by atoms with Gasteiger partial charge in [-0.3, -0.25) is 14.6 Å². The molecule has 1 atom stereocenters. The average Bonchev–Trinajstić information content (AvgIpc) is 3.27. The Hall–Kier alpha value is -2.71. The van der Waals surface area contributed by atoms with E-state index in [1.807, 2.05) is 43.3 Å². The van der Waals surface area contributed by atoms with Crippen LogP contribution in [0.5, 0.6) is 0 Å². The van der Waals surface area contributed by atoms with Crippen LogP contribution in [0.4, 0.5) is 5.69 Å². The molecule has 4 rings (SSSR count). The fraction of sp³-hybridized carbons (Fsp3) is 0.333. The molecule has 2 N–H and O–H groups in total. The summed E-state index contributed by atoms with van der Waals surface area (Å²) < 4.78 is 5.53. The lowest BCUT2D eigenvalue weighted by Gasteiger charge is -2.35. The number of carbonyl (C=O) groups excluding carboxylic acids is 1. The van der Waals surface area contributed by atoms with Crippen LogP contribution in [0.3, 0.4) is 0 Å². The summed E-state index contributed by atoms with van der Waals surface area (Å²) in [5.74, 6) is 0.175. The molecular weight excluding hydrogens is 428 g/mol. The summed E-state index contributed by atoms with van der Waals surface area (Å²) >= 11 is 6.12. The van der Waals surface area contributed by atoms with Crippen LogP contribution < -0.4 is 5.32 Å². The Morgan fingerprint density at radius 2 is 1.88 bits per heavy atom. The smallest absolute Gasteiger partial charge is 0.277 e. The zero-order chi connectivity index (χ0) is 22.5. The number of hydrogen-bond acceptors (Lipinski definition) is 6. The number of amides is 1. The second kappa shape index (κ2) is 10.3. The third kappa shape index (κ3) is 5.75. The van der Waals surface area contributed by atoms with E-state index in [2.05, 4.69) is 20.1 Å². The van der Waals surface area contributed by atoms with Gasteiger partial charge in [0.25, 0.3) is 5.91 Å². The SMILES string of the molecule is Cc1ccc(NC(=O)c2coc(CN3CCN(C[C@@H](O)c4ccccc4)CC3)n2)cc1Cl. The summed E-state index contributed by atoms with van der Waals surface area (Å²) in [5.41, 5.74) is 2.74. The van der Waals surface area contributed by atoms with Gasteiger partial charge in [-0.1, -0.05) is 48.0 Å². The fourth-order valence-electron chi connectivity index (χ4n) is 3.70. The number of aromatic nitrogens is 1. The Kier molecular flexibility index (Phi) is 7.22. The standard InChI is InChI=1S/C24H27ClN4O3/c1-17-7-8-19(13-20(17)25)26-24(31)21-16-32-23(27-21)15-29-11-9-28(10-12-29)14-22(30)18-5-3-2-4-6-18/h2-8,13,16,22,30H,9-12,14-15H2,1H3,(H,26,31)/t22-/m1/s1. The molecule has 1 fully saturated rings. The molecule has 1 saturated heterocycles. The van der Waals surface area contributed by atoms with Crippen molar-refractivity contribution >= 4 is 23.2 Å². The summed E-state index contributed by atoms with van der Waals surface area (Å²) in [6, 6.07) is 15.1. The lowest BCUT2D eigenvalue weighted by molar-refractivity contribution is 0.0671. The van der Waals surface area contributed by atoms with Crippen LogP contribution in [-0.4, -0.2) is 58.5 Å². The van der Waals surface area contributed by atoms with E-state index < -0.39 is 6.10 Å². The quantitative estimate of drug-likeness (QED) is 0.566. The van der Waals surface area contributed by atoms with Crippen molar-refractivity contribution in [3.05, 3.63) is 82.5 Å². The number of rotatable bonds is 7. The number of nitrogens with one attached hydrogen (secondary N) is 1. The van der Waals surface area contributed by atoms with E-state index in [4.69, 9.17) is 16.0 Å². The van der Waals surface area contributed by atoms with Gasteiger partial charge in [-0.2, -0.15) is 0 Å². The zero-order valence-electron chi connectivity index (χ0n) is 18.0. The molecule has 1 aliphatic heterocycles. The van der Waals surface area contributed by atoms with Crippen LogP contribution in [0.1, 0.15) is 33.6 Å². The molecule has 0 spiro atoms. The first-order valence-electron chi connectivity index (χ1n) is 10.7. The number of benzene rings is 2. The lowest BCUT2D eigenvalue weighted by Crippen LogP contribution is -2.47. The summed E-state index contributed by atoms with van der Waals surface area (Å²) in [7, 11) is 0. The minimum absolute atomic E-state index is 0.237. The molecule has 8 heteroatoms. The van der Waals surface area contributed by atoms with Crippen LogP contribution in [0.25, 0.3) is 0 Å². The number of oxazole rings is 1. The third-order valence-corrected chi connectivity index (χ3v) is 6.06. The molecule has 0 aliphatic carbocycles. The largest absolute Gasteiger partial charge is 0.447 e. The Labute approximate surface area is 192 Å². The predicted molar refractivity (Wildman–Crippen MR) is 124 cm³/mol. The van der Waals surface area contributed by atoms with Gasteiger partial charge >= 0.3 is 0 Å². The Balaban J connectivity index is 1.25. The third-order valence-electron chi connectivity index (χ3n) is 5.65. The fourth-order valence-corrected chi connectivity index (χ4v) is 3.88. The van der Waals surface area contributed by atoms with Gasteiger partial charge in [0, 0.05) is 43.4 Å². The van der Waals surface area contributed by atoms with Crippen LogP contribution in [0, 0.1) is 6.92 Å². The van der Waals surface area contributed by atoms with E-state index in [1.165, 1.54) is 6.26 Å². The summed E-state index contributed by atoms with van der Waals surface area (Å²) in [4.78, 5) is 21.3. The van der Waals surface area contributed by atoms with E-state index in [1.54, 1.807) is 12.1 Å². The molecule has 3 aromatic rings. The number of nitrogens with zero attached hydrogens (tertiary/aromatic N) is 3. The van der Waals surface area contributed by atoms with E-state index in [-0.39, 0.29) is 11.6 Å². The molecule has 0 saturated carbocycles. The van der Waals surface area contributed by atoms with E-state index in [9.17, 15) is 9.90 Å². The first-order chi connectivity index (χ1) is 15.5.